The van der Waals surface area contributed by atoms with Crippen molar-refractivity contribution in [1.82, 2.24) is 14.1 Å². The summed E-state index contributed by atoms with van der Waals surface area (Å²) in [6, 6.07) is 15.7. The van der Waals surface area contributed by atoms with Gasteiger partial charge in [0.25, 0.3) is 11.8 Å². The van der Waals surface area contributed by atoms with Crippen molar-refractivity contribution in [2.24, 2.45) is 0 Å². The molecule has 7 nitrogen and oxygen atoms in total. The highest BCUT2D eigenvalue weighted by molar-refractivity contribution is 7.80. The molecule has 0 unspecified atom stereocenters. The topological polar surface area (TPSA) is 96.0 Å². The van der Waals surface area contributed by atoms with Crippen LogP contribution in [0.15, 0.2) is 60.0 Å². The maximum Gasteiger partial charge on any atom is 0.265 e. The molecule has 2 heterocycles. The number of nitrogens with zero attached hydrogens (tertiary/aromatic N) is 2. The summed E-state index contributed by atoms with van der Waals surface area (Å²) in [6.07, 6.45) is 0. The van der Waals surface area contributed by atoms with Crippen molar-refractivity contribution in [3.63, 3.8) is 0 Å². The Bertz CT molecular complexity index is 1190. The highest BCUT2D eigenvalue weighted by atomic mass is 32.1. The first-order valence-corrected chi connectivity index (χ1v) is 10.4. The predicted octanol–water partition coefficient (Wildman–Crippen LogP) is 4.13. The smallest absolute Gasteiger partial charge is 0.265 e. The van der Waals surface area contributed by atoms with Crippen molar-refractivity contribution in [3.8, 4) is 0 Å². The third kappa shape index (κ3) is 4.62. The van der Waals surface area contributed by atoms with E-state index in [1.165, 1.54) is 11.3 Å². The minimum atomic E-state index is -0.336. The summed E-state index contributed by atoms with van der Waals surface area (Å²) in [4.78, 5) is 25.1. The monoisotopic (exact) mass is 439 g/mol. The zero-order valence-electron chi connectivity index (χ0n) is 14.7. The van der Waals surface area contributed by atoms with Crippen molar-refractivity contribution < 1.29 is 9.59 Å². The normalized spacial score (nSPS) is 10.5. The van der Waals surface area contributed by atoms with Gasteiger partial charge in [0, 0.05) is 16.9 Å². The lowest BCUT2D eigenvalue weighted by atomic mass is 10.2. The molecule has 0 saturated carbocycles. The standard InChI is InChI=1S/C19H13N5O2S3/c25-17(11-3-8-14-15(10-11)24-29-23-14)22-19(27)21-13-6-4-12(5-7-13)20-18(26)16-2-1-9-28-16/h1-10H,(H,20,26)(H2,21,22,25,27). The van der Waals surface area contributed by atoms with Crippen LogP contribution in [-0.4, -0.2) is 25.7 Å². The van der Waals surface area contributed by atoms with Gasteiger partial charge in [-0.25, -0.2) is 0 Å². The molecule has 2 amide bonds. The number of hydrogen-bond acceptors (Lipinski definition) is 7. The van der Waals surface area contributed by atoms with Crippen LogP contribution in [0.2, 0.25) is 0 Å². The van der Waals surface area contributed by atoms with Crippen LogP contribution in [0.3, 0.4) is 0 Å². The lowest BCUT2D eigenvalue weighted by molar-refractivity contribution is 0.0976. The molecule has 0 spiro atoms. The Morgan fingerprint density at radius 3 is 2.31 bits per heavy atom. The average Bonchev–Trinajstić information content (AvgIpc) is 3.40. The third-order valence-corrected chi connectivity index (χ3v) is 5.52. The van der Waals surface area contributed by atoms with E-state index in [4.69, 9.17) is 12.2 Å². The summed E-state index contributed by atoms with van der Waals surface area (Å²) >= 11 is 7.69. The first kappa shape index (κ1) is 19.1. The predicted molar refractivity (Wildman–Crippen MR) is 120 cm³/mol. The van der Waals surface area contributed by atoms with E-state index in [-0.39, 0.29) is 16.9 Å². The minimum absolute atomic E-state index is 0.157. The van der Waals surface area contributed by atoms with Gasteiger partial charge in [-0.1, -0.05) is 6.07 Å². The number of rotatable bonds is 4. The Labute approximate surface area is 179 Å². The maximum absolute atomic E-state index is 12.4. The number of fused-ring (bicyclic) bond motifs is 1. The quantitative estimate of drug-likeness (QED) is 0.414. The fourth-order valence-corrected chi connectivity index (χ4v) is 3.85. The summed E-state index contributed by atoms with van der Waals surface area (Å²) in [5.74, 6) is -0.493. The van der Waals surface area contributed by atoms with Crippen molar-refractivity contribution >= 4 is 74.6 Å². The summed E-state index contributed by atoms with van der Waals surface area (Å²) in [7, 11) is 0. The van der Waals surface area contributed by atoms with Gasteiger partial charge in [-0.3, -0.25) is 14.9 Å². The molecule has 0 aliphatic carbocycles. The minimum Gasteiger partial charge on any atom is -0.332 e. The molecule has 0 radical (unpaired) electrons. The number of hydrogen-bond donors (Lipinski definition) is 3. The van der Waals surface area contributed by atoms with E-state index in [0.717, 1.165) is 17.2 Å². The third-order valence-electron chi connectivity index (χ3n) is 3.89. The molecule has 0 fully saturated rings. The lowest BCUT2D eigenvalue weighted by Gasteiger charge is -2.10. The van der Waals surface area contributed by atoms with Crippen LogP contribution in [0.4, 0.5) is 11.4 Å². The number of aromatic nitrogens is 2. The lowest BCUT2D eigenvalue weighted by Crippen LogP contribution is -2.34. The van der Waals surface area contributed by atoms with Crippen molar-refractivity contribution in [2.75, 3.05) is 10.6 Å². The number of nitrogens with one attached hydrogen (secondary N) is 3. The van der Waals surface area contributed by atoms with Gasteiger partial charge in [-0.2, -0.15) is 8.75 Å². The zero-order valence-corrected chi connectivity index (χ0v) is 17.2. The van der Waals surface area contributed by atoms with Crippen LogP contribution in [0, 0.1) is 0 Å². The van der Waals surface area contributed by atoms with Crippen LogP contribution in [0.5, 0.6) is 0 Å². The van der Waals surface area contributed by atoms with Crippen LogP contribution < -0.4 is 16.0 Å². The van der Waals surface area contributed by atoms with E-state index >= 15 is 0 Å². The summed E-state index contributed by atoms with van der Waals surface area (Å²) in [5, 5.41) is 10.4. The molecule has 0 saturated heterocycles. The van der Waals surface area contributed by atoms with Gasteiger partial charge < -0.3 is 10.6 Å². The molecule has 144 valence electrons. The summed E-state index contributed by atoms with van der Waals surface area (Å²) < 4.78 is 8.24. The molecular formula is C19H13N5O2S3. The molecule has 29 heavy (non-hydrogen) atoms. The van der Waals surface area contributed by atoms with Crippen molar-refractivity contribution in [2.45, 2.75) is 0 Å². The molecule has 2 aromatic carbocycles. The van der Waals surface area contributed by atoms with E-state index in [1.54, 1.807) is 48.5 Å². The second-order valence-electron chi connectivity index (χ2n) is 5.88. The Kier molecular flexibility index (Phi) is 5.56. The number of benzene rings is 2. The van der Waals surface area contributed by atoms with E-state index in [9.17, 15) is 9.59 Å². The van der Waals surface area contributed by atoms with Crippen LogP contribution in [-0.2, 0) is 0 Å². The van der Waals surface area contributed by atoms with Crippen molar-refractivity contribution in [3.05, 3.63) is 70.4 Å². The molecule has 0 aliphatic rings. The highest BCUT2D eigenvalue weighted by Gasteiger charge is 2.11. The van der Waals surface area contributed by atoms with Gasteiger partial charge >= 0.3 is 0 Å². The van der Waals surface area contributed by atoms with Gasteiger partial charge in [0.15, 0.2) is 5.11 Å². The molecular weight excluding hydrogens is 426 g/mol. The van der Waals surface area contributed by atoms with Crippen LogP contribution in [0.25, 0.3) is 11.0 Å². The molecule has 0 atom stereocenters. The maximum atomic E-state index is 12.4. The molecule has 3 N–H and O–H groups in total. The molecule has 2 aromatic heterocycles. The van der Waals surface area contributed by atoms with Crippen LogP contribution >= 0.6 is 35.3 Å². The van der Waals surface area contributed by atoms with E-state index in [0.29, 0.717) is 27.3 Å². The fraction of sp³-hybridized carbons (Fsp3) is 0. The van der Waals surface area contributed by atoms with Gasteiger partial charge in [0.05, 0.1) is 16.6 Å². The molecule has 0 bridgehead atoms. The Hall–Kier alpha value is -3.21. The highest BCUT2D eigenvalue weighted by Crippen LogP contribution is 2.17. The first-order valence-electron chi connectivity index (χ1n) is 8.38. The second-order valence-corrected chi connectivity index (χ2v) is 7.77. The molecule has 0 aliphatic heterocycles. The van der Waals surface area contributed by atoms with Crippen molar-refractivity contribution in [1.29, 1.82) is 0 Å². The number of anilines is 2. The number of thiocarbonyl (C=S) groups is 1. The SMILES string of the molecule is O=C(NC(=S)Nc1ccc(NC(=O)c2cccs2)cc1)c1ccc2nsnc2c1. The fourth-order valence-electron chi connectivity index (χ4n) is 2.50. The molecule has 4 rings (SSSR count). The van der Waals surface area contributed by atoms with Crippen LogP contribution in [0.1, 0.15) is 20.0 Å². The van der Waals surface area contributed by atoms with Gasteiger partial charge in [-0.15, -0.1) is 11.3 Å². The number of carbonyl (C=O) groups excluding carboxylic acids is 2. The Morgan fingerprint density at radius 2 is 1.59 bits per heavy atom. The van der Waals surface area contributed by atoms with Gasteiger partial charge in [0.1, 0.15) is 11.0 Å². The van der Waals surface area contributed by atoms with E-state index in [2.05, 4.69) is 24.7 Å². The van der Waals surface area contributed by atoms with Gasteiger partial charge in [0.2, 0.25) is 0 Å². The zero-order chi connectivity index (χ0) is 20.2. The Balaban J connectivity index is 1.34. The summed E-state index contributed by atoms with van der Waals surface area (Å²) in [6.45, 7) is 0. The number of amides is 2. The number of carbonyl (C=O) groups is 2. The largest absolute Gasteiger partial charge is 0.332 e. The summed E-state index contributed by atoms with van der Waals surface area (Å²) in [5.41, 5.74) is 3.21. The Morgan fingerprint density at radius 1 is 0.862 bits per heavy atom. The number of thiophene rings is 1. The van der Waals surface area contributed by atoms with Gasteiger partial charge in [-0.05, 0) is 66.1 Å². The first-order chi connectivity index (χ1) is 14.1. The van der Waals surface area contributed by atoms with E-state index < -0.39 is 0 Å². The molecule has 4 aromatic rings. The second kappa shape index (κ2) is 8.43. The van der Waals surface area contributed by atoms with E-state index in [1.807, 2.05) is 11.4 Å². The molecule has 10 heteroatoms. The average molecular weight is 440 g/mol.